The van der Waals surface area contributed by atoms with E-state index in [1.807, 2.05) is 61.7 Å². The lowest BCUT2D eigenvalue weighted by Gasteiger charge is -2.11. The fourth-order valence-electron chi connectivity index (χ4n) is 3.38. The molecule has 2 aromatic carbocycles. The molecule has 1 aromatic heterocycles. The number of benzene rings is 2. The maximum absolute atomic E-state index is 12.7. The summed E-state index contributed by atoms with van der Waals surface area (Å²) in [6.45, 7) is 6.94. The van der Waals surface area contributed by atoms with Crippen LogP contribution in [-0.4, -0.2) is 32.2 Å². The number of rotatable bonds is 10. The lowest BCUT2D eigenvalue weighted by atomic mass is 10.0. The molecule has 0 fully saturated rings. The Morgan fingerprint density at radius 1 is 0.971 bits per heavy atom. The van der Waals surface area contributed by atoms with Gasteiger partial charge in [-0.1, -0.05) is 37.3 Å². The van der Waals surface area contributed by atoms with E-state index >= 15 is 0 Å². The zero-order valence-corrected chi connectivity index (χ0v) is 20.7. The second-order valence-corrected chi connectivity index (χ2v) is 8.17. The van der Waals surface area contributed by atoms with Gasteiger partial charge < -0.3 is 19.5 Å². The molecule has 1 heterocycles. The predicted octanol–water partition coefficient (Wildman–Crippen LogP) is 6.21. The highest BCUT2D eigenvalue weighted by molar-refractivity contribution is 7.15. The van der Waals surface area contributed by atoms with Gasteiger partial charge in [0, 0.05) is 17.0 Å². The summed E-state index contributed by atoms with van der Waals surface area (Å²) in [5, 5.41) is 5.11. The van der Waals surface area contributed by atoms with Crippen LogP contribution in [0, 0.1) is 0 Å². The van der Waals surface area contributed by atoms with Crippen molar-refractivity contribution in [2.45, 2.75) is 27.2 Å². The van der Waals surface area contributed by atoms with Gasteiger partial charge in [-0.2, -0.15) is 0 Å². The van der Waals surface area contributed by atoms with E-state index < -0.39 is 5.97 Å². The Balaban J connectivity index is 1.81. The number of thiophene rings is 1. The maximum Gasteiger partial charge on any atom is 0.341 e. The number of hydrogen-bond donors (Lipinski definition) is 1. The van der Waals surface area contributed by atoms with Crippen molar-refractivity contribution in [3.8, 4) is 22.6 Å². The van der Waals surface area contributed by atoms with E-state index in [4.69, 9.17) is 14.2 Å². The lowest BCUT2D eigenvalue weighted by molar-refractivity contribution is -0.111. The number of ether oxygens (including phenoxy) is 3. The van der Waals surface area contributed by atoms with Crippen LogP contribution in [0.4, 0.5) is 5.00 Å². The maximum atomic E-state index is 12.7. The summed E-state index contributed by atoms with van der Waals surface area (Å²) >= 11 is 1.29. The Morgan fingerprint density at radius 2 is 1.68 bits per heavy atom. The number of nitrogens with one attached hydrogen (secondary N) is 1. The molecule has 0 bridgehead atoms. The van der Waals surface area contributed by atoms with Gasteiger partial charge in [-0.3, -0.25) is 4.79 Å². The third-order valence-corrected chi connectivity index (χ3v) is 5.98. The van der Waals surface area contributed by atoms with Gasteiger partial charge in [0.25, 0.3) is 0 Å². The van der Waals surface area contributed by atoms with Crippen molar-refractivity contribution in [2.75, 3.05) is 25.6 Å². The summed E-state index contributed by atoms with van der Waals surface area (Å²) in [6, 6.07) is 13.5. The van der Waals surface area contributed by atoms with Crippen LogP contribution < -0.4 is 14.8 Å². The normalized spacial score (nSPS) is 10.8. The Hall–Kier alpha value is -3.58. The highest BCUT2D eigenvalue weighted by atomic mass is 32.1. The van der Waals surface area contributed by atoms with E-state index in [1.165, 1.54) is 30.1 Å². The number of anilines is 1. The van der Waals surface area contributed by atoms with Gasteiger partial charge in [-0.15, -0.1) is 11.3 Å². The van der Waals surface area contributed by atoms with E-state index in [0.717, 1.165) is 23.1 Å². The van der Waals surface area contributed by atoms with Crippen LogP contribution in [0.5, 0.6) is 11.5 Å². The highest BCUT2D eigenvalue weighted by Gasteiger charge is 2.22. The smallest absolute Gasteiger partial charge is 0.341 e. The molecule has 0 saturated carbocycles. The third kappa shape index (κ3) is 6.05. The number of carbonyl (C=O) groups excluding carboxylic acids is 2. The topological polar surface area (TPSA) is 73.9 Å². The molecule has 0 atom stereocenters. The zero-order valence-electron chi connectivity index (χ0n) is 19.8. The molecule has 0 unspecified atom stereocenters. The van der Waals surface area contributed by atoms with Crippen molar-refractivity contribution in [2.24, 2.45) is 0 Å². The van der Waals surface area contributed by atoms with Gasteiger partial charge in [0.1, 0.15) is 10.6 Å². The number of aryl methyl sites for hydroxylation is 1. The minimum absolute atomic E-state index is 0.346. The number of hydrogen-bond acceptors (Lipinski definition) is 6. The molecule has 0 aliphatic carbocycles. The van der Waals surface area contributed by atoms with Gasteiger partial charge in [0.2, 0.25) is 5.91 Å². The average molecular weight is 480 g/mol. The van der Waals surface area contributed by atoms with Crippen molar-refractivity contribution >= 4 is 34.3 Å². The summed E-state index contributed by atoms with van der Waals surface area (Å²) < 4.78 is 16.2. The molecule has 34 heavy (non-hydrogen) atoms. The van der Waals surface area contributed by atoms with Gasteiger partial charge in [-0.25, -0.2) is 4.79 Å². The van der Waals surface area contributed by atoms with E-state index in [2.05, 4.69) is 12.2 Å². The first kappa shape index (κ1) is 25.1. The molecular weight excluding hydrogens is 450 g/mol. The molecule has 0 spiro atoms. The van der Waals surface area contributed by atoms with Crippen LogP contribution in [0.3, 0.4) is 0 Å². The van der Waals surface area contributed by atoms with Crippen LogP contribution in [0.25, 0.3) is 17.2 Å². The Bertz CT molecular complexity index is 1160. The number of esters is 1. The van der Waals surface area contributed by atoms with E-state index in [1.54, 1.807) is 6.08 Å². The molecule has 178 valence electrons. The van der Waals surface area contributed by atoms with Gasteiger partial charge in [0.05, 0.1) is 20.3 Å². The monoisotopic (exact) mass is 479 g/mol. The molecule has 3 aromatic rings. The van der Waals surface area contributed by atoms with Crippen molar-refractivity contribution in [1.29, 1.82) is 0 Å². The summed E-state index contributed by atoms with van der Waals surface area (Å²) in [5.74, 6) is 0.429. The molecule has 0 radical (unpaired) electrons. The van der Waals surface area contributed by atoms with Crippen molar-refractivity contribution < 1.29 is 23.8 Å². The molecule has 7 heteroatoms. The highest BCUT2D eigenvalue weighted by Crippen LogP contribution is 2.36. The molecule has 0 aliphatic rings. The van der Waals surface area contributed by atoms with Gasteiger partial charge in [-0.05, 0) is 55.2 Å². The molecule has 1 amide bonds. The minimum Gasteiger partial charge on any atom is -0.490 e. The number of methoxy groups -OCH3 is 1. The first-order chi connectivity index (χ1) is 16.5. The second kappa shape index (κ2) is 12.0. The first-order valence-electron chi connectivity index (χ1n) is 11.2. The minimum atomic E-state index is -0.497. The largest absolute Gasteiger partial charge is 0.490 e. The average Bonchev–Trinajstić information content (AvgIpc) is 3.27. The van der Waals surface area contributed by atoms with Crippen molar-refractivity contribution in [3.63, 3.8) is 0 Å². The van der Waals surface area contributed by atoms with Crippen LogP contribution in [0.15, 0.2) is 53.9 Å². The van der Waals surface area contributed by atoms with E-state index in [0.29, 0.717) is 35.3 Å². The van der Waals surface area contributed by atoms with Crippen LogP contribution in [-0.2, 0) is 16.0 Å². The summed E-state index contributed by atoms with van der Waals surface area (Å²) in [4.78, 5) is 25.2. The first-order valence-corrected chi connectivity index (χ1v) is 12.1. The van der Waals surface area contributed by atoms with E-state index in [-0.39, 0.29) is 5.91 Å². The second-order valence-electron chi connectivity index (χ2n) is 7.29. The standard InChI is InChI=1S/C27H29NO5S/c1-5-18-8-12-20(13-9-18)21-17-34-26(25(21)27(30)31-4)28-24(29)15-11-19-10-14-22(32-6-2)23(16-19)33-7-3/h8-17H,5-7H2,1-4H3,(H,28,29)/b15-11+. The van der Waals surface area contributed by atoms with Crippen LogP contribution in [0.2, 0.25) is 0 Å². The quantitative estimate of drug-likeness (QED) is 0.276. The number of carbonyl (C=O) groups is 2. The molecule has 6 nitrogen and oxygen atoms in total. The third-order valence-electron chi connectivity index (χ3n) is 5.09. The summed E-state index contributed by atoms with van der Waals surface area (Å²) in [6.07, 6.45) is 4.03. The molecule has 0 saturated heterocycles. The summed E-state index contributed by atoms with van der Waals surface area (Å²) in [7, 11) is 1.33. The lowest BCUT2D eigenvalue weighted by Crippen LogP contribution is -2.11. The Morgan fingerprint density at radius 3 is 2.32 bits per heavy atom. The van der Waals surface area contributed by atoms with Gasteiger partial charge >= 0.3 is 5.97 Å². The van der Waals surface area contributed by atoms with E-state index in [9.17, 15) is 9.59 Å². The molecular formula is C27H29NO5S. The predicted molar refractivity (Wildman–Crippen MR) is 137 cm³/mol. The molecule has 3 rings (SSSR count). The molecule has 1 N–H and O–H groups in total. The van der Waals surface area contributed by atoms with Crippen molar-refractivity contribution in [1.82, 2.24) is 0 Å². The SMILES string of the molecule is CCOc1ccc(/C=C/C(=O)Nc2scc(-c3ccc(CC)cc3)c2C(=O)OC)cc1OCC. The fourth-order valence-corrected chi connectivity index (χ4v) is 4.34. The zero-order chi connectivity index (χ0) is 24.5. The number of amides is 1. The van der Waals surface area contributed by atoms with Gasteiger partial charge in [0.15, 0.2) is 11.5 Å². The van der Waals surface area contributed by atoms with Crippen LogP contribution in [0.1, 0.15) is 42.3 Å². The Labute approximate surface area is 204 Å². The summed E-state index contributed by atoms with van der Waals surface area (Å²) in [5.41, 5.74) is 3.96. The molecule has 0 aliphatic heterocycles. The van der Waals surface area contributed by atoms with Crippen molar-refractivity contribution in [3.05, 3.63) is 70.6 Å². The fraction of sp³-hybridized carbons (Fsp3) is 0.259. The Kier molecular flexibility index (Phi) is 8.87. The van der Waals surface area contributed by atoms with Crippen LogP contribution >= 0.6 is 11.3 Å².